The van der Waals surface area contributed by atoms with E-state index in [9.17, 15) is 0 Å². The fourth-order valence-electron chi connectivity index (χ4n) is 3.81. The third-order valence-electron chi connectivity index (χ3n) is 4.73. The van der Waals surface area contributed by atoms with Crippen molar-refractivity contribution in [3.8, 4) is 0 Å². The second kappa shape index (κ2) is 6.82. The zero-order chi connectivity index (χ0) is 13.8. The van der Waals surface area contributed by atoms with Gasteiger partial charge in [0.25, 0.3) is 0 Å². The largest absolute Gasteiger partial charge is 0.316 e. The molecule has 0 radical (unpaired) electrons. The van der Waals surface area contributed by atoms with Crippen LogP contribution in [0.1, 0.15) is 52.9 Å². The van der Waals surface area contributed by atoms with Gasteiger partial charge in [-0.3, -0.25) is 0 Å². The van der Waals surface area contributed by atoms with Gasteiger partial charge in [-0.05, 0) is 38.6 Å². The second-order valence-corrected chi connectivity index (χ2v) is 8.96. The molecule has 1 saturated heterocycles. The van der Waals surface area contributed by atoms with Gasteiger partial charge in [0, 0.05) is 36.7 Å². The van der Waals surface area contributed by atoms with Crippen LogP contribution in [0.4, 0.5) is 0 Å². The molecule has 1 heterocycles. The Bertz CT molecular complexity index is 272. The maximum Gasteiger partial charge on any atom is 0.0231 e. The van der Waals surface area contributed by atoms with Crippen LogP contribution >= 0.6 is 11.8 Å². The van der Waals surface area contributed by atoms with E-state index in [4.69, 9.17) is 0 Å². The molecule has 2 rings (SSSR count). The highest BCUT2D eigenvalue weighted by molar-refractivity contribution is 8.00. The summed E-state index contributed by atoms with van der Waals surface area (Å²) < 4.78 is 0.451. The zero-order valence-electron chi connectivity index (χ0n) is 13.1. The first-order valence-corrected chi connectivity index (χ1v) is 9.11. The highest BCUT2D eigenvalue weighted by atomic mass is 32.2. The van der Waals surface area contributed by atoms with E-state index in [1.807, 2.05) is 0 Å². The molecule has 1 N–H and O–H groups in total. The summed E-state index contributed by atoms with van der Waals surface area (Å²) >= 11 is 2.15. The lowest BCUT2D eigenvalue weighted by Gasteiger charge is -2.45. The average molecular weight is 285 g/mol. The highest BCUT2D eigenvalue weighted by Gasteiger charge is 2.36. The van der Waals surface area contributed by atoms with Crippen LogP contribution in [0.25, 0.3) is 0 Å². The highest BCUT2D eigenvalue weighted by Crippen LogP contribution is 2.38. The van der Waals surface area contributed by atoms with Gasteiger partial charge in [-0.25, -0.2) is 0 Å². The van der Waals surface area contributed by atoms with Crippen molar-refractivity contribution in [3.63, 3.8) is 0 Å². The van der Waals surface area contributed by atoms with Crippen molar-refractivity contribution in [3.05, 3.63) is 0 Å². The van der Waals surface area contributed by atoms with Gasteiger partial charge in [-0.2, -0.15) is 11.8 Å². The van der Waals surface area contributed by atoms with Gasteiger partial charge in [0.2, 0.25) is 0 Å². The van der Waals surface area contributed by atoms with Gasteiger partial charge in [-0.15, -0.1) is 0 Å². The Balaban J connectivity index is 1.94. The molecule has 3 heteroatoms. The fourth-order valence-corrected chi connectivity index (χ4v) is 4.98. The third-order valence-corrected chi connectivity index (χ3v) is 6.03. The average Bonchev–Trinajstić information content (AvgIpc) is 2.36. The maximum absolute atomic E-state index is 3.64. The Labute approximate surface area is 124 Å². The number of rotatable bonds is 5. The molecule has 0 aromatic carbocycles. The summed E-state index contributed by atoms with van der Waals surface area (Å²) in [6.45, 7) is 13.3. The number of thioether (sulfide) groups is 1. The lowest BCUT2D eigenvalue weighted by Crippen LogP contribution is -2.51. The van der Waals surface area contributed by atoms with E-state index in [1.165, 1.54) is 64.0 Å². The molecule has 19 heavy (non-hydrogen) atoms. The summed E-state index contributed by atoms with van der Waals surface area (Å²) in [6.07, 6.45) is 7.21. The topological polar surface area (TPSA) is 15.3 Å². The number of hydrogen-bond acceptors (Lipinski definition) is 3. The minimum atomic E-state index is 0.451. The summed E-state index contributed by atoms with van der Waals surface area (Å²) in [5, 5.41) is 3.64. The molecule has 1 aliphatic carbocycles. The molecular formula is C16H32N2S. The Kier molecular flexibility index (Phi) is 5.62. The first-order chi connectivity index (χ1) is 9.05. The molecule has 2 aliphatic rings. The summed E-state index contributed by atoms with van der Waals surface area (Å²) in [6, 6.07) is 0. The zero-order valence-corrected chi connectivity index (χ0v) is 14.0. The molecule has 0 atom stereocenters. The van der Waals surface area contributed by atoms with E-state index in [-0.39, 0.29) is 0 Å². The Hall–Kier alpha value is 0.270. The minimum absolute atomic E-state index is 0.451. The van der Waals surface area contributed by atoms with Crippen molar-refractivity contribution in [2.45, 2.75) is 57.6 Å². The van der Waals surface area contributed by atoms with Gasteiger partial charge in [0.1, 0.15) is 0 Å². The van der Waals surface area contributed by atoms with Gasteiger partial charge in [0.05, 0.1) is 0 Å². The summed E-state index contributed by atoms with van der Waals surface area (Å²) in [5.41, 5.74) is 0.562. The molecule has 1 aliphatic heterocycles. The quantitative estimate of drug-likeness (QED) is 0.833. The molecule has 0 amide bonds. The standard InChI is InChI=1S/C16H32N2S/c1-4-17-12-16(8-6-5-7-9-16)14-18-10-11-19-15(2,3)13-18/h17H,4-14H2,1-3H3. The van der Waals surface area contributed by atoms with E-state index < -0.39 is 0 Å². The van der Waals surface area contributed by atoms with Gasteiger partial charge in [0.15, 0.2) is 0 Å². The minimum Gasteiger partial charge on any atom is -0.316 e. The van der Waals surface area contributed by atoms with Crippen LogP contribution in [0, 0.1) is 5.41 Å². The van der Waals surface area contributed by atoms with Crippen molar-refractivity contribution >= 4 is 11.8 Å². The van der Waals surface area contributed by atoms with Crippen LogP contribution in [0.5, 0.6) is 0 Å². The van der Waals surface area contributed by atoms with Crippen LogP contribution in [-0.2, 0) is 0 Å². The first-order valence-electron chi connectivity index (χ1n) is 8.12. The molecule has 0 unspecified atom stereocenters. The van der Waals surface area contributed by atoms with E-state index in [0.717, 1.165) is 6.54 Å². The lowest BCUT2D eigenvalue weighted by molar-refractivity contribution is 0.0995. The van der Waals surface area contributed by atoms with E-state index >= 15 is 0 Å². The van der Waals surface area contributed by atoms with E-state index in [0.29, 0.717) is 10.2 Å². The van der Waals surface area contributed by atoms with Crippen molar-refractivity contribution in [1.82, 2.24) is 10.2 Å². The van der Waals surface area contributed by atoms with Crippen LogP contribution in [0.3, 0.4) is 0 Å². The van der Waals surface area contributed by atoms with Crippen molar-refractivity contribution in [2.24, 2.45) is 5.41 Å². The first kappa shape index (κ1) is 15.7. The number of hydrogen-bond donors (Lipinski definition) is 1. The SMILES string of the molecule is CCNCC1(CN2CCSC(C)(C)C2)CCCCC1. The Morgan fingerprint density at radius 3 is 2.53 bits per heavy atom. The molecule has 2 fully saturated rings. The van der Waals surface area contributed by atoms with Crippen LogP contribution in [0.15, 0.2) is 0 Å². The number of nitrogens with one attached hydrogen (secondary N) is 1. The fraction of sp³-hybridized carbons (Fsp3) is 1.00. The van der Waals surface area contributed by atoms with Crippen LogP contribution < -0.4 is 5.32 Å². The maximum atomic E-state index is 3.64. The normalized spacial score (nSPS) is 27.3. The monoisotopic (exact) mass is 284 g/mol. The molecule has 0 aromatic rings. The predicted octanol–water partition coefficient (Wildman–Crippen LogP) is 3.37. The molecule has 0 aromatic heterocycles. The molecule has 0 bridgehead atoms. The Morgan fingerprint density at radius 2 is 1.89 bits per heavy atom. The van der Waals surface area contributed by atoms with Gasteiger partial charge < -0.3 is 10.2 Å². The summed E-state index contributed by atoms with van der Waals surface area (Å²) in [5.74, 6) is 1.31. The number of nitrogens with zero attached hydrogens (tertiary/aromatic N) is 1. The molecule has 1 saturated carbocycles. The van der Waals surface area contributed by atoms with Crippen molar-refractivity contribution in [2.75, 3.05) is 38.5 Å². The van der Waals surface area contributed by atoms with Gasteiger partial charge >= 0.3 is 0 Å². The molecular weight excluding hydrogens is 252 g/mol. The second-order valence-electron chi connectivity index (χ2n) is 7.16. The summed E-state index contributed by atoms with van der Waals surface area (Å²) in [4.78, 5) is 2.75. The Morgan fingerprint density at radius 1 is 1.16 bits per heavy atom. The smallest absolute Gasteiger partial charge is 0.0231 e. The summed E-state index contributed by atoms with van der Waals surface area (Å²) in [7, 11) is 0. The molecule has 112 valence electrons. The van der Waals surface area contributed by atoms with Crippen LogP contribution in [-0.4, -0.2) is 48.1 Å². The van der Waals surface area contributed by atoms with Crippen molar-refractivity contribution < 1.29 is 0 Å². The predicted molar refractivity (Wildman–Crippen MR) is 87.0 cm³/mol. The molecule has 0 spiro atoms. The van der Waals surface area contributed by atoms with Crippen molar-refractivity contribution in [1.29, 1.82) is 0 Å². The lowest BCUT2D eigenvalue weighted by atomic mass is 9.73. The van der Waals surface area contributed by atoms with Gasteiger partial charge in [-0.1, -0.05) is 26.2 Å². The van der Waals surface area contributed by atoms with E-state index in [1.54, 1.807) is 0 Å². The molecule has 2 nitrogen and oxygen atoms in total. The third kappa shape index (κ3) is 4.64. The van der Waals surface area contributed by atoms with Crippen LogP contribution in [0.2, 0.25) is 0 Å². The van der Waals surface area contributed by atoms with E-state index in [2.05, 4.69) is 42.7 Å².